The van der Waals surface area contributed by atoms with E-state index in [-0.39, 0.29) is 11.4 Å². The van der Waals surface area contributed by atoms with Crippen LogP contribution in [0.15, 0.2) is 42.6 Å². The van der Waals surface area contributed by atoms with Gasteiger partial charge in [0.25, 0.3) is 0 Å². The van der Waals surface area contributed by atoms with Gasteiger partial charge in [0.15, 0.2) is 0 Å². The van der Waals surface area contributed by atoms with E-state index in [0.29, 0.717) is 0 Å². The fourth-order valence-electron chi connectivity index (χ4n) is 0.738. The highest BCUT2D eigenvalue weighted by molar-refractivity contribution is 5.46. The number of nitrogens with zero attached hydrogens (tertiary/aromatic N) is 2. The van der Waals surface area contributed by atoms with E-state index in [0.717, 1.165) is 4.68 Å². The van der Waals surface area contributed by atoms with Crippen molar-refractivity contribution in [2.45, 2.75) is 0 Å². The molecule has 0 spiro atoms. The molecule has 3 heteroatoms. The van der Waals surface area contributed by atoms with Gasteiger partial charge in [-0.05, 0) is 24.2 Å². The van der Waals surface area contributed by atoms with E-state index in [1.165, 1.54) is 0 Å². The summed E-state index contributed by atoms with van der Waals surface area (Å²) in [5.41, 5.74) is 4.94. The molecule has 0 unspecified atom stereocenters. The Balaban J connectivity index is 2.87. The number of benzene rings is 1. The molecule has 0 radical (unpaired) electrons. The van der Waals surface area contributed by atoms with Crippen LogP contribution in [0.4, 0.5) is 5.69 Å². The predicted octanol–water partition coefficient (Wildman–Crippen LogP) is 1.45. The minimum Gasteiger partial charge on any atom is -0.399 e. The fraction of sp³-hybridized carbons (Fsp3) is 0. The number of hydrogen-bond acceptors (Lipinski definition) is 2. The van der Waals surface area contributed by atoms with Gasteiger partial charge in [0.2, 0.25) is 0 Å². The second-order valence-corrected chi connectivity index (χ2v) is 2.02. The maximum atomic E-state index is 7.77. The minimum absolute atomic E-state index is 0.268. The molecule has 3 nitrogen and oxygen atoms in total. The van der Waals surface area contributed by atoms with Crippen LogP contribution in [0, 0.1) is 0 Å². The molecule has 1 aromatic carbocycles. The molecular formula is C9H9N3. The lowest BCUT2D eigenvalue weighted by molar-refractivity contribution is 0.881. The first-order chi connectivity index (χ1) is 8.77. The maximum Gasteiger partial charge on any atom is 0.0860 e. The van der Waals surface area contributed by atoms with Gasteiger partial charge in [0.05, 0.1) is 15.3 Å². The first-order valence-electron chi connectivity index (χ1n) is 6.66. The van der Waals surface area contributed by atoms with E-state index in [1.807, 2.05) is 0 Å². The van der Waals surface area contributed by atoms with Crippen LogP contribution in [0.25, 0.3) is 5.69 Å². The Hall–Kier alpha value is -1.77. The molecule has 0 atom stereocenters. The normalized spacial score (nSPS) is 18.2. The summed E-state index contributed by atoms with van der Waals surface area (Å²) >= 11 is 0. The molecule has 0 fully saturated rings. The molecule has 2 rings (SSSR count). The van der Waals surface area contributed by atoms with Gasteiger partial charge in [-0.1, -0.05) is 6.04 Å². The van der Waals surface area contributed by atoms with E-state index in [1.54, 1.807) is 0 Å². The van der Waals surface area contributed by atoms with Crippen molar-refractivity contribution < 1.29 is 9.60 Å². The Morgan fingerprint density at radius 2 is 2.33 bits per heavy atom. The lowest BCUT2D eigenvalue weighted by Crippen LogP contribution is -1.94. The monoisotopic (exact) mass is 166 g/mol. The summed E-state index contributed by atoms with van der Waals surface area (Å²) in [6.45, 7) is 0. The van der Waals surface area contributed by atoms with Gasteiger partial charge in [-0.3, -0.25) is 0 Å². The molecule has 60 valence electrons. The second kappa shape index (κ2) is 2.70. The summed E-state index contributed by atoms with van der Waals surface area (Å²) in [5.74, 6) is 0. The SMILES string of the molecule is [2H]c1nn(-c2c([2H])c([2H])c([2H])c(N)c2[2H])c([2H])c1[2H]. The molecule has 0 aliphatic heterocycles. The van der Waals surface area contributed by atoms with E-state index >= 15 is 0 Å². The summed E-state index contributed by atoms with van der Waals surface area (Å²) in [7, 11) is 0. The summed E-state index contributed by atoms with van der Waals surface area (Å²) < 4.78 is 53.7. The third kappa shape index (κ3) is 1.16. The number of hydrogen-bond donors (Lipinski definition) is 1. The standard InChI is InChI=1S/C9H9N3/c10-8-3-1-4-9(7-8)12-6-2-5-11-12/h1-7H,10H2/i1D,2D,3D,4D,5D,6D,7D. The van der Waals surface area contributed by atoms with Crippen molar-refractivity contribution in [3.63, 3.8) is 0 Å². The zero-order chi connectivity index (χ0) is 14.5. The van der Waals surface area contributed by atoms with Crippen molar-refractivity contribution in [3.05, 3.63) is 42.6 Å². The van der Waals surface area contributed by atoms with Crippen LogP contribution < -0.4 is 5.73 Å². The summed E-state index contributed by atoms with van der Waals surface area (Å²) in [6.07, 6.45) is -0.938. The highest BCUT2D eigenvalue weighted by Crippen LogP contribution is 2.09. The highest BCUT2D eigenvalue weighted by Gasteiger charge is 1.94. The van der Waals surface area contributed by atoms with Crippen LogP contribution in [-0.4, -0.2) is 9.78 Å². The lowest BCUT2D eigenvalue weighted by atomic mass is 10.3. The number of nitrogens with two attached hydrogens (primary N) is 1. The van der Waals surface area contributed by atoms with Gasteiger partial charge < -0.3 is 5.73 Å². The average Bonchev–Trinajstić information content (AvgIpc) is 2.62. The van der Waals surface area contributed by atoms with Gasteiger partial charge in [-0.2, -0.15) is 5.10 Å². The molecule has 12 heavy (non-hydrogen) atoms. The third-order valence-corrected chi connectivity index (χ3v) is 1.21. The molecule has 0 aliphatic rings. The van der Waals surface area contributed by atoms with Crippen molar-refractivity contribution in [1.82, 2.24) is 9.78 Å². The minimum atomic E-state index is -0.489. The number of anilines is 1. The lowest BCUT2D eigenvalue weighted by Gasteiger charge is -2.00. The van der Waals surface area contributed by atoms with Gasteiger partial charge in [0.1, 0.15) is 0 Å². The second-order valence-electron chi connectivity index (χ2n) is 2.02. The Bertz CT molecular complexity index is 650. The van der Waals surface area contributed by atoms with Gasteiger partial charge in [-0.25, -0.2) is 4.68 Å². The Morgan fingerprint density at radius 3 is 3.08 bits per heavy atom. The summed E-state index contributed by atoms with van der Waals surface area (Å²) in [4.78, 5) is 0. The topological polar surface area (TPSA) is 43.8 Å². The van der Waals surface area contributed by atoms with Crippen molar-refractivity contribution in [3.8, 4) is 5.69 Å². The van der Waals surface area contributed by atoms with Crippen LogP contribution in [-0.2, 0) is 0 Å². The van der Waals surface area contributed by atoms with Gasteiger partial charge >= 0.3 is 0 Å². The largest absolute Gasteiger partial charge is 0.399 e. The fourth-order valence-corrected chi connectivity index (χ4v) is 0.738. The maximum absolute atomic E-state index is 7.77. The van der Waals surface area contributed by atoms with Crippen molar-refractivity contribution in [2.24, 2.45) is 0 Å². The Morgan fingerprint density at radius 1 is 1.42 bits per heavy atom. The van der Waals surface area contributed by atoms with Crippen molar-refractivity contribution >= 4 is 5.69 Å². The number of rotatable bonds is 1. The van der Waals surface area contributed by atoms with Crippen molar-refractivity contribution in [2.75, 3.05) is 5.73 Å². The van der Waals surface area contributed by atoms with E-state index in [2.05, 4.69) is 5.10 Å². The quantitative estimate of drug-likeness (QED) is 0.652. The molecule has 0 saturated heterocycles. The number of nitrogen functional groups attached to an aromatic ring is 1. The van der Waals surface area contributed by atoms with E-state index in [9.17, 15) is 0 Å². The molecule has 2 N–H and O–H groups in total. The predicted molar refractivity (Wildman–Crippen MR) is 48.0 cm³/mol. The molecular weight excluding hydrogens is 150 g/mol. The molecule has 0 aliphatic carbocycles. The Kier molecular flexibility index (Phi) is 0.589. The molecule has 0 amide bonds. The van der Waals surface area contributed by atoms with Gasteiger partial charge in [0, 0.05) is 18.0 Å². The summed E-state index contributed by atoms with van der Waals surface area (Å²) in [6, 6.07) is -2.27. The van der Waals surface area contributed by atoms with Gasteiger partial charge in [-0.15, -0.1) is 0 Å². The Labute approximate surface area is 80.3 Å². The van der Waals surface area contributed by atoms with Crippen LogP contribution in [0.1, 0.15) is 9.60 Å². The third-order valence-electron chi connectivity index (χ3n) is 1.21. The molecule has 0 saturated carbocycles. The van der Waals surface area contributed by atoms with Crippen LogP contribution in [0.5, 0.6) is 0 Å². The van der Waals surface area contributed by atoms with Crippen LogP contribution in [0.3, 0.4) is 0 Å². The highest BCUT2D eigenvalue weighted by atomic mass is 15.3. The first kappa shape index (κ1) is 2.62. The average molecular weight is 166 g/mol. The van der Waals surface area contributed by atoms with E-state index in [4.69, 9.17) is 15.3 Å². The van der Waals surface area contributed by atoms with Crippen molar-refractivity contribution in [1.29, 1.82) is 0 Å². The van der Waals surface area contributed by atoms with E-state index < -0.39 is 42.6 Å². The van der Waals surface area contributed by atoms with Crippen LogP contribution >= 0.6 is 0 Å². The number of aromatic nitrogens is 2. The molecule has 0 bridgehead atoms. The molecule has 1 aromatic heterocycles. The molecule has 1 heterocycles. The summed E-state index contributed by atoms with van der Waals surface area (Å²) in [5, 5.41) is 3.58. The smallest absolute Gasteiger partial charge is 0.0860 e. The molecule has 2 aromatic rings. The first-order valence-corrected chi connectivity index (χ1v) is 3.16. The van der Waals surface area contributed by atoms with Crippen LogP contribution in [0.2, 0.25) is 0 Å². The zero-order valence-corrected chi connectivity index (χ0v) is 5.97. The zero-order valence-electron chi connectivity index (χ0n) is 13.0.